The molecule has 5 nitrogen and oxygen atoms in total. The Morgan fingerprint density at radius 3 is 2.74 bits per heavy atom. The predicted octanol–water partition coefficient (Wildman–Crippen LogP) is 2.52. The molecule has 1 aromatic rings. The number of aliphatic imine (C=N–C) groups is 1. The number of nitrogens with zero attached hydrogens (tertiary/aromatic N) is 2. The van der Waals surface area contributed by atoms with Crippen molar-refractivity contribution in [2.24, 2.45) is 10.9 Å². The molecule has 0 spiro atoms. The van der Waals surface area contributed by atoms with Crippen LogP contribution in [0.25, 0.3) is 0 Å². The molecule has 1 aromatic carbocycles. The maximum Gasteiger partial charge on any atom is 0.252 e. The first-order valence-corrected chi connectivity index (χ1v) is 10.7. The van der Waals surface area contributed by atoms with Gasteiger partial charge in [0.25, 0.3) is 5.91 Å². The minimum Gasteiger partial charge on any atom is -0.334 e. The number of rotatable bonds is 6. The lowest BCUT2D eigenvalue weighted by molar-refractivity contribution is -0.127. The number of hydrogen-bond donors (Lipinski definition) is 0. The van der Waals surface area contributed by atoms with E-state index in [9.17, 15) is 22.0 Å². The van der Waals surface area contributed by atoms with Crippen molar-refractivity contribution in [3.8, 4) is 0 Å². The number of carbonyl (C=O) groups excluding carboxylic acids is 1. The van der Waals surface area contributed by atoms with Gasteiger partial charge in [-0.25, -0.2) is 17.2 Å². The predicted molar refractivity (Wildman–Crippen MR) is 99.2 cm³/mol. The maximum absolute atomic E-state index is 14.1. The Balaban J connectivity index is 1.75. The van der Waals surface area contributed by atoms with Gasteiger partial charge in [0.1, 0.15) is 11.6 Å². The third-order valence-corrected chi connectivity index (χ3v) is 6.78. The van der Waals surface area contributed by atoms with Crippen LogP contribution in [-0.2, 0) is 21.2 Å². The largest absolute Gasteiger partial charge is 0.334 e. The Morgan fingerprint density at radius 2 is 2.11 bits per heavy atom. The zero-order chi connectivity index (χ0) is 19.6. The van der Waals surface area contributed by atoms with Gasteiger partial charge in [0.05, 0.1) is 18.1 Å². The Labute approximate surface area is 157 Å². The smallest absolute Gasteiger partial charge is 0.252 e. The summed E-state index contributed by atoms with van der Waals surface area (Å²) in [5, 5.41) is 0. The van der Waals surface area contributed by atoms with Gasteiger partial charge >= 0.3 is 0 Å². The van der Waals surface area contributed by atoms with Gasteiger partial charge in [0, 0.05) is 29.9 Å². The van der Waals surface area contributed by atoms with E-state index in [1.165, 1.54) is 4.90 Å². The number of allylic oxidation sites excluding steroid dienone is 1. The van der Waals surface area contributed by atoms with E-state index < -0.39 is 21.5 Å². The SMILES string of the molecule is CC1=NCC(C(=O)N(CCC2CCS(=O)(=O)C2)Cc2cc(F)ccc2F)=C1. The summed E-state index contributed by atoms with van der Waals surface area (Å²) < 4.78 is 50.8. The molecule has 0 bridgehead atoms. The van der Waals surface area contributed by atoms with E-state index in [2.05, 4.69) is 4.99 Å². The second-order valence-electron chi connectivity index (χ2n) is 7.15. The minimum absolute atomic E-state index is 0.0156. The Morgan fingerprint density at radius 1 is 1.33 bits per heavy atom. The maximum atomic E-state index is 14.1. The number of sulfone groups is 1. The summed E-state index contributed by atoms with van der Waals surface area (Å²) >= 11 is 0. The Hall–Kier alpha value is -2.09. The minimum atomic E-state index is -3.00. The van der Waals surface area contributed by atoms with E-state index in [0.29, 0.717) is 18.4 Å². The molecule has 0 aliphatic carbocycles. The first-order chi connectivity index (χ1) is 12.7. The van der Waals surface area contributed by atoms with Crippen LogP contribution in [0.1, 0.15) is 25.3 Å². The van der Waals surface area contributed by atoms with Crippen LogP contribution in [0.3, 0.4) is 0 Å². The highest BCUT2D eigenvalue weighted by molar-refractivity contribution is 7.91. The van der Waals surface area contributed by atoms with E-state index in [1.807, 2.05) is 0 Å². The van der Waals surface area contributed by atoms with Crippen molar-refractivity contribution >= 4 is 21.5 Å². The second-order valence-corrected chi connectivity index (χ2v) is 9.38. The summed E-state index contributed by atoms with van der Waals surface area (Å²) in [7, 11) is -3.00. The van der Waals surface area contributed by atoms with Crippen molar-refractivity contribution < 1.29 is 22.0 Å². The van der Waals surface area contributed by atoms with Gasteiger partial charge in [0.2, 0.25) is 0 Å². The Bertz CT molecular complexity index is 910. The van der Waals surface area contributed by atoms with Crippen molar-refractivity contribution in [2.75, 3.05) is 24.6 Å². The fourth-order valence-electron chi connectivity index (χ4n) is 3.45. The van der Waals surface area contributed by atoms with Crippen molar-refractivity contribution in [1.29, 1.82) is 0 Å². The van der Waals surface area contributed by atoms with E-state index in [4.69, 9.17) is 0 Å². The summed E-state index contributed by atoms with van der Waals surface area (Å²) in [6, 6.07) is 3.16. The number of halogens is 2. The van der Waals surface area contributed by atoms with Crippen LogP contribution in [0.4, 0.5) is 8.78 Å². The van der Waals surface area contributed by atoms with Gasteiger partial charge in [-0.3, -0.25) is 9.79 Å². The van der Waals surface area contributed by atoms with E-state index >= 15 is 0 Å². The molecule has 1 saturated heterocycles. The molecule has 0 saturated carbocycles. The van der Waals surface area contributed by atoms with Crippen LogP contribution >= 0.6 is 0 Å². The van der Waals surface area contributed by atoms with Gasteiger partial charge in [-0.05, 0) is 50.0 Å². The summed E-state index contributed by atoms with van der Waals surface area (Å²) in [6.07, 6.45) is 2.77. The number of benzene rings is 1. The van der Waals surface area contributed by atoms with E-state index in [-0.39, 0.29) is 48.5 Å². The highest BCUT2D eigenvalue weighted by atomic mass is 32.2. The van der Waals surface area contributed by atoms with Crippen LogP contribution in [-0.4, -0.2) is 49.5 Å². The molecule has 3 rings (SSSR count). The number of hydrogen-bond acceptors (Lipinski definition) is 4. The van der Waals surface area contributed by atoms with Gasteiger partial charge in [-0.15, -0.1) is 0 Å². The van der Waals surface area contributed by atoms with Gasteiger partial charge in [-0.2, -0.15) is 0 Å². The zero-order valence-corrected chi connectivity index (χ0v) is 15.9. The van der Waals surface area contributed by atoms with Gasteiger partial charge in [0.15, 0.2) is 9.84 Å². The monoisotopic (exact) mass is 396 g/mol. The molecule has 1 unspecified atom stereocenters. The first kappa shape index (κ1) is 19.7. The fourth-order valence-corrected chi connectivity index (χ4v) is 5.36. The highest BCUT2D eigenvalue weighted by Crippen LogP contribution is 2.23. The third-order valence-electron chi connectivity index (χ3n) is 4.95. The van der Waals surface area contributed by atoms with Crippen molar-refractivity contribution in [3.05, 3.63) is 47.0 Å². The van der Waals surface area contributed by atoms with Crippen LogP contribution in [0.15, 0.2) is 34.8 Å². The van der Waals surface area contributed by atoms with Crippen molar-refractivity contribution in [3.63, 3.8) is 0 Å². The number of carbonyl (C=O) groups is 1. The zero-order valence-electron chi connectivity index (χ0n) is 15.1. The van der Waals surface area contributed by atoms with Crippen molar-refractivity contribution in [2.45, 2.75) is 26.3 Å². The quantitative estimate of drug-likeness (QED) is 0.742. The van der Waals surface area contributed by atoms with Crippen LogP contribution < -0.4 is 0 Å². The molecule has 2 heterocycles. The molecule has 1 atom stereocenters. The molecule has 8 heteroatoms. The second kappa shape index (κ2) is 7.88. The molecular formula is C19H22F2N2O3S. The summed E-state index contributed by atoms with van der Waals surface area (Å²) in [4.78, 5) is 18.5. The molecule has 0 aromatic heterocycles. The highest BCUT2D eigenvalue weighted by Gasteiger charge is 2.29. The summed E-state index contributed by atoms with van der Waals surface area (Å²) in [5.41, 5.74) is 1.35. The first-order valence-electron chi connectivity index (χ1n) is 8.89. The molecule has 146 valence electrons. The van der Waals surface area contributed by atoms with Gasteiger partial charge < -0.3 is 4.90 Å². The standard InChI is InChI=1S/C19H22F2N2O3S/c1-13-8-15(10-22-13)19(24)23(6-4-14-5-7-27(25,26)12-14)11-16-9-17(20)2-3-18(16)21/h2-3,8-9,14H,4-7,10-12H2,1H3. The summed E-state index contributed by atoms with van der Waals surface area (Å²) in [6.45, 7) is 2.27. The van der Waals surface area contributed by atoms with Crippen molar-refractivity contribution in [1.82, 2.24) is 4.90 Å². The molecular weight excluding hydrogens is 374 g/mol. The Kier molecular flexibility index (Phi) is 5.74. The van der Waals surface area contributed by atoms with Gasteiger partial charge in [-0.1, -0.05) is 0 Å². The molecule has 1 amide bonds. The molecule has 2 aliphatic heterocycles. The lowest BCUT2D eigenvalue weighted by atomic mass is 10.0. The van der Waals surface area contributed by atoms with E-state index in [1.54, 1.807) is 13.0 Å². The van der Waals surface area contributed by atoms with Crippen LogP contribution in [0, 0.1) is 17.6 Å². The number of amides is 1. The topological polar surface area (TPSA) is 66.8 Å². The molecule has 2 aliphatic rings. The van der Waals surface area contributed by atoms with E-state index in [0.717, 1.165) is 23.9 Å². The van der Waals surface area contributed by atoms with Crippen LogP contribution in [0.5, 0.6) is 0 Å². The summed E-state index contributed by atoms with van der Waals surface area (Å²) in [5.74, 6) is -1.15. The lowest BCUT2D eigenvalue weighted by Crippen LogP contribution is -2.34. The normalized spacial score (nSPS) is 21.1. The molecule has 1 fully saturated rings. The molecule has 27 heavy (non-hydrogen) atoms. The third kappa shape index (κ3) is 5.00. The molecule has 0 N–H and O–H groups in total. The lowest BCUT2D eigenvalue weighted by Gasteiger charge is -2.25. The fraction of sp³-hybridized carbons (Fsp3) is 0.474. The molecule has 0 radical (unpaired) electrons. The average Bonchev–Trinajstić information content (AvgIpc) is 3.19. The average molecular weight is 396 g/mol. The van der Waals surface area contributed by atoms with Crippen LogP contribution in [0.2, 0.25) is 0 Å².